The Labute approximate surface area is 192 Å². The molecule has 5 rings (SSSR count). The van der Waals surface area contributed by atoms with Crippen molar-refractivity contribution in [1.29, 1.82) is 0 Å². The van der Waals surface area contributed by atoms with Crippen LogP contribution in [-0.4, -0.2) is 47.9 Å². The third-order valence-electron chi connectivity index (χ3n) is 6.54. The maximum absolute atomic E-state index is 12.9. The van der Waals surface area contributed by atoms with Crippen molar-refractivity contribution in [3.05, 3.63) is 59.2 Å². The van der Waals surface area contributed by atoms with Crippen LogP contribution in [0.4, 0.5) is 5.69 Å². The minimum Gasteiger partial charge on any atom is -0.488 e. The standard InChI is InChI=1S/C25H28N4O4/c30-23-8-7-21(24(31)28-23)29-15-17-13-16(5-6-19(17)25(29)32)14-27-20-3-1-2-4-22(20)33-18-9-11-26-12-10-18/h1-6,13,18,21,26-27H,7-12,14-15H2,(H,28,30,31). The van der Waals surface area contributed by atoms with Crippen molar-refractivity contribution in [2.24, 2.45) is 0 Å². The van der Waals surface area contributed by atoms with Crippen LogP contribution in [0, 0.1) is 0 Å². The number of fused-ring (bicyclic) bond motifs is 1. The fourth-order valence-corrected chi connectivity index (χ4v) is 4.74. The molecule has 8 heteroatoms. The minimum absolute atomic E-state index is 0.153. The summed E-state index contributed by atoms with van der Waals surface area (Å²) in [6.45, 7) is 2.92. The monoisotopic (exact) mass is 448 g/mol. The van der Waals surface area contributed by atoms with Gasteiger partial charge in [-0.2, -0.15) is 0 Å². The molecule has 0 radical (unpaired) electrons. The predicted octanol–water partition coefficient (Wildman–Crippen LogP) is 2.19. The number of nitrogens with one attached hydrogen (secondary N) is 3. The lowest BCUT2D eigenvalue weighted by molar-refractivity contribution is -0.136. The molecule has 8 nitrogen and oxygen atoms in total. The smallest absolute Gasteiger partial charge is 0.255 e. The summed E-state index contributed by atoms with van der Waals surface area (Å²) in [5, 5.41) is 9.16. The number of para-hydroxylation sites is 2. The van der Waals surface area contributed by atoms with Crippen LogP contribution >= 0.6 is 0 Å². The van der Waals surface area contributed by atoms with Gasteiger partial charge < -0.3 is 20.3 Å². The average molecular weight is 449 g/mol. The van der Waals surface area contributed by atoms with Crippen molar-refractivity contribution in [2.45, 2.75) is 50.9 Å². The van der Waals surface area contributed by atoms with E-state index in [4.69, 9.17) is 4.74 Å². The second-order valence-electron chi connectivity index (χ2n) is 8.81. The molecule has 3 amide bonds. The Morgan fingerprint density at radius 1 is 1.03 bits per heavy atom. The molecule has 2 fully saturated rings. The normalized spacial score (nSPS) is 21.0. The SMILES string of the molecule is O=C1CCC(N2Cc3cc(CNc4ccccc4OC4CCNCC4)ccc3C2=O)C(=O)N1. The number of hydrogen-bond acceptors (Lipinski definition) is 6. The van der Waals surface area contributed by atoms with Crippen molar-refractivity contribution in [1.82, 2.24) is 15.5 Å². The molecular weight excluding hydrogens is 420 g/mol. The summed E-state index contributed by atoms with van der Waals surface area (Å²) in [5.74, 6) is 0.0299. The van der Waals surface area contributed by atoms with E-state index in [-0.39, 0.29) is 30.2 Å². The molecule has 2 saturated heterocycles. The van der Waals surface area contributed by atoms with Gasteiger partial charge in [0.25, 0.3) is 5.91 Å². The first-order valence-electron chi connectivity index (χ1n) is 11.6. The molecule has 3 aliphatic rings. The lowest BCUT2D eigenvalue weighted by Gasteiger charge is -2.29. The number of hydrogen-bond donors (Lipinski definition) is 3. The summed E-state index contributed by atoms with van der Waals surface area (Å²) in [6.07, 6.45) is 2.84. The van der Waals surface area contributed by atoms with Gasteiger partial charge in [-0.25, -0.2) is 0 Å². The zero-order valence-electron chi connectivity index (χ0n) is 18.4. The Kier molecular flexibility index (Phi) is 6.00. The van der Waals surface area contributed by atoms with Crippen LogP contribution in [0.1, 0.15) is 47.2 Å². The summed E-state index contributed by atoms with van der Waals surface area (Å²) >= 11 is 0. The van der Waals surface area contributed by atoms with Gasteiger partial charge >= 0.3 is 0 Å². The van der Waals surface area contributed by atoms with E-state index in [2.05, 4.69) is 16.0 Å². The van der Waals surface area contributed by atoms with Crippen molar-refractivity contribution in [2.75, 3.05) is 18.4 Å². The third-order valence-corrected chi connectivity index (χ3v) is 6.54. The van der Waals surface area contributed by atoms with Gasteiger partial charge in [0.2, 0.25) is 11.8 Å². The van der Waals surface area contributed by atoms with E-state index < -0.39 is 6.04 Å². The number of imide groups is 1. The van der Waals surface area contributed by atoms with Gasteiger partial charge in [0.1, 0.15) is 17.9 Å². The Morgan fingerprint density at radius 2 is 1.85 bits per heavy atom. The van der Waals surface area contributed by atoms with Crippen LogP contribution in [-0.2, 0) is 22.7 Å². The molecule has 172 valence electrons. The van der Waals surface area contributed by atoms with Gasteiger partial charge in [-0.3, -0.25) is 19.7 Å². The average Bonchev–Trinajstić information content (AvgIpc) is 3.14. The van der Waals surface area contributed by atoms with E-state index in [0.29, 0.717) is 25.1 Å². The van der Waals surface area contributed by atoms with Crippen molar-refractivity contribution in [3.63, 3.8) is 0 Å². The molecule has 2 aromatic rings. The van der Waals surface area contributed by atoms with Gasteiger partial charge in [0, 0.05) is 25.1 Å². The first-order valence-corrected chi connectivity index (χ1v) is 11.6. The molecule has 3 N–H and O–H groups in total. The number of piperidine rings is 2. The number of carbonyl (C=O) groups is 3. The van der Waals surface area contributed by atoms with E-state index in [0.717, 1.165) is 48.5 Å². The molecule has 1 atom stereocenters. The molecule has 3 aliphatic heterocycles. The second kappa shape index (κ2) is 9.23. The number of benzene rings is 2. The molecule has 33 heavy (non-hydrogen) atoms. The highest BCUT2D eigenvalue weighted by atomic mass is 16.5. The Hall–Kier alpha value is -3.39. The molecule has 2 aromatic carbocycles. The van der Waals surface area contributed by atoms with Crippen LogP contribution in [0.2, 0.25) is 0 Å². The summed E-state index contributed by atoms with van der Waals surface area (Å²) in [7, 11) is 0. The third kappa shape index (κ3) is 4.57. The van der Waals surface area contributed by atoms with Crippen LogP contribution in [0.5, 0.6) is 5.75 Å². The van der Waals surface area contributed by atoms with Crippen LogP contribution in [0.15, 0.2) is 42.5 Å². The lowest BCUT2D eigenvalue weighted by atomic mass is 10.0. The Morgan fingerprint density at radius 3 is 2.67 bits per heavy atom. The highest BCUT2D eigenvalue weighted by molar-refractivity contribution is 6.05. The molecule has 1 unspecified atom stereocenters. The largest absolute Gasteiger partial charge is 0.488 e. The van der Waals surface area contributed by atoms with Crippen molar-refractivity contribution < 1.29 is 19.1 Å². The Balaban J connectivity index is 1.25. The topological polar surface area (TPSA) is 99.8 Å². The maximum Gasteiger partial charge on any atom is 0.255 e. The number of carbonyl (C=O) groups excluding carboxylic acids is 3. The fourth-order valence-electron chi connectivity index (χ4n) is 4.74. The predicted molar refractivity (Wildman–Crippen MR) is 123 cm³/mol. The second-order valence-corrected chi connectivity index (χ2v) is 8.81. The number of rotatable bonds is 6. The van der Waals surface area contributed by atoms with E-state index in [9.17, 15) is 14.4 Å². The van der Waals surface area contributed by atoms with Crippen LogP contribution in [0.25, 0.3) is 0 Å². The molecule has 0 spiro atoms. The van der Waals surface area contributed by atoms with E-state index in [1.165, 1.54) is 0 Å². The van der Waals surface area contributed by atoms with Gasteiger partial charge in [0.05, 0.1) is 5.69 Å². The summed E-state index contributed by atoms with van der Waals surface area (Å²) in [6, 6.07) is 13.2. The van der Waals surface area contributed by atoms with E-state index in [1.54, 1.807) is 4.90 Å². The summed E-state index contributed by atoms with van der Waals surface area (Å²) < 4.78 is 6.25. The molecule has 0 bridgehead atoms. The van der Waals surface area contributed by atoms with Gasteiger partial charge in [-0.1, -0.05) is 24.3 Å². The number of nitrogens with zero attached hydrogens (tertiary/aromatic N) is 1. The molecule has 0 aromatic heterocycles. The molecule has 0 saturated carbocycles. The van der Waals surface area contributed by atoms with Crippen LogP contribution in [0.3, 0.4) is 0 Å². The number of amides is 3. The molecular formula is C25H28N4O4. The maximum atomic E-state index is 12.9. The highest BCUT2D eigenvalue weighted by Gasteiger charge is 2.39. The summed E-state index contributed by atoms with van der Waals surface area (Å²) in [4.78, 5) is 38.1. The lowest BCUT2D eigenvalue weighted by Crippen LogP contribution is -2.52. The van der Waals surface area contributed by atoms with E-state index >= 15 is 0 Å². The van der Waals surface area contributed by atoms with Crippen molar-refractivity contribution >= 4 is 23.4 Å². The minimum atomic E-state index is -0.594. The zero-order valence-corrected chi connectivity index (χ0v) is 18.4. The first-order chi connectivity index (χ1) is 16.1. The van der Waals surface area contributed by atoms with Gasteiger partial charge in [-0.15, -0.1) is 0 Å². The number of ether oxygens (including phenoxy) is 1. The Bertz CT molecular complexity index is 1080. The highest BCUT2D eigenvalue weighted by Crippen LogP contribution is 2.30. The molecule has 3 heterocycles. The van der Waals surface area contributed by atoms with Crippen LogP contribution < -0.4 is 20.7 Å². The zero-order chi connectivity index (χ0) is 22.8. The number of anilines is 1. The molecule has 0 aliphatic carbocycles. The van der Waals surface area contributed by atoms with Gasteiger partial charge in [0.15, 0.2) is 0 Å². The van der Waals surface area contributed by atoms with Crippen molar-refractivity contribution in [3.8, 4) is 5.75 Å². The summed E-state index contributed by atoms with van der Waals surface area (Å²) in [5.41, 5.74) is 3.52. The first kappa shape index (κ1) is 21.5. The van der Waals surface area contributed by atoms with E-state index in [1.807, 2.05) is 42.5 Å². The van der Waals surface area contributed by atoms with Gasteiger partial charge in [-0.05, 0) is 61.7 Å². The quantitative estimate of drug-likeness (QED) is 0.586. The fraction of sp³-hybridized carbons (Fsp3) is 0.400.